The smallest absolute Gasteiger partial charge is 0.163 e. The number of anilines is 2. The molecule has 0 amide bonds. The Kier molecular flexibility index (Phi) is 4.01. The molecule has 0 saturated heterocycles. The van der Waals surface area contributed by atoms with Gasteiger partial charge in [-0.1, -0.05) is 43.7 Å². The van der Waals surface area contributed by atoms with Gasteiger partial charge < -0.3 is 10.7 Å². The standard InChI is InChI=1S/C16H21N5/c1-2-6-12-9-13(12)18-14-10-15(21-17)20-16(19-14)11-7-4-3-5-8-11/h3-5,7-8,10,12-13H,2,6,9,17H2,1H3,(H2,18,19,20,21). The summed E-state index contributed by atoms with van der Waals surface area (Å²) in [5, 5.41) is 3.49. The fourth-order valence-corrected chi connectivity index (χ4v) is 2.62. The van der Waals surface area contributed by atoms with Crippen LogP contribution in [-0.2, 0) is 0 Å². The topological polar surface area (TPSA) is 75.9 Å². The average molecular weight is 283 g/mol. The zero-order valence-corrected chi connectivity index (χ0v) is 12.2. The summed E-state index contributed by atoms with van der Waals surface area (Å²) >= 11 is 0. The van der Waals surface area contributed by atoms with Crippen LogP contribution in [0.4, 0.5) is 11.6 Å². The van der Waals surface area contributed by atoms with E-state index in [2.05, 4.69) is 27.6 Å². The summed E-state index contributed by atoms with van der Waals surface area (Å²) in [6.07, 6.45) is 3.73. The zero-order valence-electron chi connectivity index (χ0n) is 12.2. The highest BCUT2D eigenvalue weighted by molar-refractivity contribution is 5.61. The quantitative estimate of drug-likeness (QED) is 0.561. The monoisotopic (exact) mass is 283 g/mol. The summed E-state index contributed by atoms with van der Waals surface area (Å²) in [5.41, 5.74) is 3.60. The van der Waals surface area contributed by atoms with Gasteiger partial charge >= 0.3 is 0 Å². The molecule has 21 heavy (non-hydrogen) atoms. The van der Waals surface area contributed by atoms with Crippen LogP contribution < -0.4 is 16.6 Å². The van der Waals surface area contributed by atoms with E-state index in [-0.39, 0.29) is 0 Å². The Hall–Kier alpha value is -2.14. The van der Waals surface area contributed by atoms with Crippen LogP contribution in [0.5, 0.6) is 0 Å². The molecule has 1 aromatic carbocycles. The molecule has 1 aliphatic carbocycles. The third-order valence-corrected chi connectivity index (χ3v) is 3.82. The average Bonchev–Trinajstić information content (AvgIpc) is 3.26. The Morgan fingerprint density at radius 3 is 2.67 bits per heavy atom. The maximum Gasteiger partial charge on any atom is 0.163 e. The number of nitrogens with two attached hydrogens (primary N) is 1. The van der Waals surface area contributed by atoms with Crippen molar-refractivity contribution < 1.29 is 0 Å². The molecule has 1 fully saturated rings. The van der Waals surface area contributed by atoms with E-state index in [1.165, 1.54) is 19.3 Å². The predicted molar refractivity (Wildman–Crippen MR) is 85.7 cm³/mol. The summed E-state index contributed by atoms with van der Waals surface area (Å²) < 4.78 is 0. The van der Waals surface area contributed by atoms with Crippen LogP contribution in [0.2, 0.25) is 0 Å². The molecule has 5 heteroatoms. The van der Waals surface area contributed by atoms with Crippen molar-refractivity contribution in [3.05, 3.63) is 36.4 Å². The largest absolute Gasteiger partial charge is 0.367 e. The van der Waals surface area contributed by atoms with Crippen molar-refractivity contribution >= 4 is 11.6 Å². The van der Waals surface area contributed by atoms with Crippen molar-refractivity contribution in [3.8, 4) is 11.4 Å². The lowest BCUT2D eigenvalue weighted by Crippen LogP contribution is -2.12. The van der Waals surface area contributed by atoms with E-state index in [0.717, 1.165) is 17.3 Å². The molecule has 1 heterocycles. The Morgan fingerprint density at radius 1 is 1.19 bits per heavy atom. The van der Waals surface area contributed by atoms with Crippen LogP contribution in [0.1, 0.15) is 26.2 Å². The summed E-state index contributed by atoms with van der Waals surface area (Å²) in [6.45, 7) is 2.23. The van der Waals surface area contributed by atoms with Gasteiger partial charge in [0.2, 0.25) is 0 Å². The molecule has 1 saturated carbocycles. The van der Waals surface area contributed by atoms with Crippen molar-refractivity contribution in [2.45, 2.75) is 32.2 Å². The molecular formula is C16H21N5. The summed E-state index contributed by atoms with van der Waals surface area (Å²) in [6, 6.07) is 12.3. The van der Waals surface area contributed by atoms with Gasteiger partial charge in [0.15, 0.2) is 5.82 Å². The van der Waals surface area contributed by atoms with E-state index in [1.807, 2.05) is 36.4 Å². The normalized spacial score (nSPS) is 20.1. The molecule has 1 aliphatic rings. The Morgan fingerprint density at radius 2 is 1.95 bits per heavy atom. The number of aromatic nitrogens is 2. The lowest BCUT2D eigenvalue weighted by Gasteiger charge is -2.09. The Labute approximate surface area is 125 Å². The maximum atomic E-state index is 5.52. The highest BCUT2D eigenvalue weighted by atomic mass is 15.3. The molecule has 0 aliphatic heterocycles. The molecule has 0 radical (unpaired) electrons. The lowest BCUT2D eigenvalue weighted by molar-refractivity contribution is 0.692. The first kappa shape index (κ1) is 13.8. The number of nitrogens with one attached hydrogen (secondary N) is 2. The Bertz CT molecular complexity index is 599. The predicted octanol–water partition coefficient (Wildman–Crippen LogP) is 3.03. The second-order valence-corrected chi connectivity index (χ2v) is 5.51. The molecule has 4 N–H and O–H groups in total. The third-order valence-electron chi connectivity index (χ3n) is 3.82. The van der Waals surface area contributed by atoms with E-state index >= 15 is 0 Å². The van der Waals surface area contributed by atoms with E-state index in [4.69, 9.17) is 5.84 Å². The first-order chi connectivity index (χ1) is 10.3. The number of nitrogen functional groups attached to an aromatic ring is 1. The van der Waals surface area contributed by atoms with Crippen LogP contribution in [0.3, 0.4) is 0 Å². The van der Waals surface area contributed by atoms with E-state index in [1.54, 1.807) is 0 Å². The van der Waals surface area contributed by atoms with Crippen molar-refractivity contribution in [1.82, 2.24) is 9.97 Å². The van der Waals surface area contributed by atoms with Gasteiger partial charge in [-0.2, -0.15) is 0 Å². The Balaban J connectivity index is 1.81. The highest BCUT2D eigenvalue weighted by Gasteiger charge is 2.36. The molecule has 2 aromatic rings. The minimum absolute atomic E-state index is 0.536. The van der Waals surface area contributed by atoms with Crippen LogP contribution in [0, 0.1) is 5.92 Å². The fraction of sp³-hybridized carbons (Fsp3) is 0.375. The maximum absolute atomic E-state index is 5.52. The highest BCUT2D eigenvalue weighted by Crippen LogP contribution is 2.37. The van der Waals surface area contributed by atoms with Gasteiger partial charge in [-0.05, 0) is 18.8 Å². The molecule has 2 atom stereocenters. The zero-order chi connectivity index (χ0) is 14.7. The molecule has 3 rings (SSSR count). The van der Waals surface area contributed by atoms with Gasteiger partial charge in [0.05, 0.1) is 0 Å². The van der Waals surface area contributed by atoms with Crippen LogP contribution in [-0.4, -0.2) is 16.0 Å². The first-order valence-electron chi connectivity index (χ1n) is 7.47. The summed E-state index contributed by atoms with van der Waals surface area (Å²) in [5.74, 6) is 8.44. The molecular weight excluding hydrogens is 262 g/mol. The number of hydrazine groups is 1. The van der Waals surface area contributed by atoms with Crippen molar-refractivity contribution in [2.24, 2.45) is 11.8 Å². The number of hydrogen-bond acceptors (Lipinski definition) is 5. The molecule has 110 valence electrons. The van der Waals surface area contributed by atoms with Crippen molar-refractivity contribution in [2.75, 3.05) is 10.7 Å². The van der Waals surface area contributed by atoms with Crippen LogP contribution >= 0.6 is 0 Å². The third kappa shape index (κ3) is 3.31. The molecule has 0 bridgehead atoms. The van der Waals surface area contributed by atoms with Crippen LogP contribution in [0.25, 0.3) is 11.4 Å². The second-order valence-electron chi connectivity index (χ2n) is 5.51. The van der Waals surface area contributed by atoms with Crippen molar-refractivity contribution in [1.29, 1.82) is 0 Å². The van der Waals surface area contributed by atoms with Gasteiger partial charge in [-0.3, -0.25) is 0 Å². The van der Waals surface area contributed by atoms with Gasteiger partial charge in [0, 0.05) is 17.7 Å². The molecule has 1 aromatic heterocycles. The summed E-state index contributed by atoms with van der Waals surface area (Å²) in [7, 11) is 0. The number of benzene rings is 1. The van der Waals surface area contributed by atoms with E-state index in [0.29, 0.717) is 17.7 Å². The van der Waals surface area contributed by atoms with Crippen molar-refractivity contribution in [3.63, 3.8) is 0 Å². The minimum Gasteiger partial charge on any atom is -0.367 e. The lowest BCUT2D eigenvalue weighted by atomic mass is 10.2. The van der Waals surface area contributed by atoms with Crippen LogP contribution in [0.15, 0.2) is 36.4 Å². The SMILES string of the molecule is CCCC1CC1Nc1cc(NN)nc(-c2ccccc2)n1. The fourth-order valence-electron chi connectivity index (χ4n) is 2.62. The number of nitrogens with zero attached hydrogens (tertiary/aromatic N) is 2. The molecule has 0 spiro atoms. The number of rotatable bonds is 6. The van der Waals surface area contributed by atoms with Gasteiger partial charge in [-0.25, -0.2) is 15.8 Å². The van der Waals surface area contributed by atoms with E-state index < -0.39 is 0 Å². The van der Waals surface area contributed by atoms with Gasteiger partial charge in [0.1, 0.15) is 11.6 Å². The molecule has 2 unspecified atom stereocenters. The number of hydrogen-bond donors (Lipinski definition) is 3. The second kappa shape index (κ2) is 6.10. The van der Waals surface area contributed by atoms with Gasteiger partial charge in [0.25, 0.3) is 0 Å². The first-order valence-corrected chi connectivity index (χ1v) is 7.47. The minimum atomic E-state index is 0.536. The van der Waals surface area contributed by atoms with E-state index in [9.17, 15) is 0 Å². The summed E-state index contributed by atoms with van der Waals surface area (Å²) in [4.78, 5) is 9.03. The molecule has 5 nitrogen and oxygen atoms in total. The van der Waals surface area contributed by atoms with Gasteiger partial charge in [-0.15, -0.1) is 0 Å².